The number of aromatic nitrogens is 2. The number of piperidine rings is 1. The van der Waals surface area contributed by atoms with Crippen LogP contribution in [0.5, 0.6) is 0 Å². The molecule has 2 aliphatic rings. The normalized spacial score (nSPS) is 26.2. The van der Waals surface area contributed by atoms with E-state index in [1.165, 1.54) is 11.8 Å². The van der Waals surface area contributed by atoms with Crippen LogP contribution >= 0.6 is 35.0 Å². The summed E-state index contributed by atoms with van der Waals surface area (Å²) in [5.41, 5.74) is 4.66. The number of nitrogens with two attached hydrogens (primary N) is 1. The predicted octanol–water partition coefficient (Wildman–Crippen LogP) is 4.66. The maximum Gasteiger partial charge on any atom is 0.291 e. The van der Waals surface area contributed by atoms with Gasteiger partial charge in [-0.25, -0.2) is 9.37 Å². The van der Waals surface area contributed by atoms with Crippen LogP contribution in [0, 0.1) is 5.41 Å². The van der Waals surface area contributed by atoms with Gasteiger partial charge < -0.3 is 15.6 Å². The van der Waals surface area contributed by atoms with E-state index in [2.05, 4.69) is 9.97 Å². The molecule has 2 fully saturated rings. The topological polar surface area (TPSA) is 75.0 Å². The number of hydrogen-bond acceptors (Lipinski definition) is 5. The van der Waals surface area contributed by atoms with Crippen molar-refractivity contribution in [2.75, 3.05) is 18.0 Å². The van der Waals surface area contributed by atoms with Crippen LogP contribution in [0.25, 0.3) is 0 Å². The fourth-order valence-electron chi connectivity index (χ4n) is 4.66. The molecule has 5 nitrogen and oxygen atoms in total. The summed E-state index contributed by atoms with van der Waals surface area (Å²) in [5, 5.41) is 1.49. The summed E-state index contributed by atoms with van der Waals surface area (Å²) in [5.74, 6) is 0.385. The molecule has 2 heterocycles. The molecule has 0 amide bonds. The predicted molar refractivity (Wildman–Crippen MR) is 116 cm³/mol. The van der Waals surface area contributed by atoms with Crippen LogP contribution in [0.2, 0.25) is 10.0 Å². The minimum atomic E-state index is -1.20. The first kappa shape index (κ1) is 21.0. The molecule has 3 N–H and O–H groups in total. The van der Waals surface area contributed by atoms with E-state index in [1.54, 1.807) is 25.3 Å². The lowest BCUT2D eigenvalue weighted by Crippen LogP contribution is -2.48. The lowest BCUT2D eigenvalue weighted by atomic mass is 9.74. The van der Waals surface area contributed by atoms with Crippen molar-refractivity contribution in [2.24, 2.45) is 11.1 Å². The van der Waals surface area contributed by atoms with Gasteiger partial charge in [0.2, 0.25) is 0 Å². The highest BCUT2D eigenvalue weighted by atomic mass is 35.5. The van der Waals surface area contributed by atoms with E-state index < -0.39 is 5.67 Å². The Morgan fingerprint density at radius 2 is 2.07 bits per heavy atom. The molecule has 1 unspecified atom stereocenters. The highest BCUT2D eigenvalue weighted by molar-refractivity contribution is 7.99. The van der Waals surface area contributed by atoms with Crippen molar-refractivity contribution in [1.29, 1.82) is 0 Å². The largest absolute Gasteiger partial charge is 0.352 e. The number of alkyl halides is 1. The Balaban J connectivity index is 1.47. The number of rotatable bonds is 3. The zero-order chi connectivity index (χ0) is 20.8. The van der Waals surface area contributed by atoms with E-state index >= 15 is 0 Å². The number of anilines is 1. The first-order chi connectivity index (χ1) is 13.7. The van der Waals surface area contributed by atoms with Gasteiger partial charge in [0.25, 0.3) is 5.56 Å². The second-order valence-corrected chi connectivity index (χ2v) is 10.2. The highest BCUT2D eigenvalue weighted by Crippen LogP contribution is 2.51. The number of nitrogens with one attached hydrogen (secondary N) is 1. The van der Waals surface area contributed by atoms with Crippen molar-refractivity contribution in [1.82, 2.24) is 9.97 Å². The van der Waals surface area contributed by atoms with Crippen LogP contribution in [-0.4, -0.2) is 34.8 Å². The maximum absolute atomic E-state index is 14.5. The van der Waals surface area contributed by atoms with E-state index in [9.17, 15) is 9.18 Å². The van der Waals surface area contributed by atoms with Gasteiger partial charge in [-0.3, -0.25) is 4.79 Å². The molecule has 1 aromatic carbocycles. The van der Waals surface area contributed by atoms with Gasteiger partial charge in [0.1, 0.15) is 5.67 Å². The van der Waals surface area contributed by atoms with Gasteiger partial charge in [-0.1, -0.05) is 41.0 Å². The summed E-state index contributed by atoms with van der Waals surface area (Å²) in [7, 11) is 0. The van der Waals surface area contributed by atoms with Gasteiger partial charge in [-0.15, -0.1) is 0 Å². The molecule has 1 saturated heterocycles. The Morgan fingerprint density at radius 1 is 1.34 bits per heavy atom. The van der Waals surface area contributed by atoms with Gasteiger partial charge >= 0.3 is 0 Å². The summed E-state index contributed by atoms with van der Waals surface area (Å²) < 4.78 is 14.5. The molecule has 2 aromatic rings. The second kappa shape index (κ2) is 7.76. The Morgan fingerprint density at radius 3 is 2.69 bits per heavy atom. The molecule has 1 spiro atoms. The summed E-state index contributed by atoms with van der Waals surface area (Å²) in [6, 6.07) is 5.21. The molecular weight excluding hydrogens is 434 g/mol. The summed E-state index contributed by atoms with van der Waals surface area (Å²) in [4.78, 5) is 22.6. The van der Waals surface area contributed by atoms with E-state index in [0.29, 0.717) is 46.8 Å². The highest BCUT2D eigenvalue weighted by Gasteiger charge is 2.52. The van der Waals surface area contributed by atoms with Crippen molar-refractivity contribution < 1.29 is 4.39 Å². The summed E-state index contributed by atoms with van der Waals surface area (Å²) in [6.45, 7) is 2.93. The van der Waals surface area contributed by atoms with Crippen molar-refractivity contribution in [2.45, 2.75) is 54.2 Å². The molecule has 0 bridgehead atoms. The average molecular weight is 457 g/mol. The van der Waals surface area contributed by atoms with Crippen LogP contribution in [0.15, 0.2) is 39.1 Å². The minimum absolute atomic E-state index is 0.132. The van der Waals surface area contributed by atoms with Crippen LogP contribution in [0.3, 0.4) is 0 Å². The molecule has 156 valence electrons. The number of H-pyrrole nitrogens is 1. The number of benzene rings is 1. The SMILES string of the molecule is CC1(F)C[C@@H](N)C2(CCN(c3ncc(Sc4cccc(Cl)c4Cl)[nH]c3=O)CC2)C1. The quantitative estimate of drug-likeness (QED) is 0.701. The molecule has 1 aliphatic carbocycles. The Hall–Kier alpha value is -1.28. The fraction of sp³-hybridized carbons (Fsp3) is 0.500. The Bertz CT molecular complexity index is 975. The number of halogens is 3. The van der Waals surface area contributed by atoms with Gasteiger partial charge in [0.05, 0.1) is 21.3 Å². The average Bonchev–Trinajstić information content (AvgIpc) is 2.88. The van der Waals surface area contributed by atoms with Crippen molar-refractivity contribution in [3.8, 4) is 0 Å². The van der Waals surface area contributed by atoms with Crippen molar-refractivity contribution in [3.63, 3.8) is 0 Å². The molecule has 29 heavy (non-hydrogen) atoms. The molecule has 1 aliphatic heterocycles. The van der Waals surface area contributed by atoms with Crippen molar-refractivity contribution >= 4 is 40.8 Å². The lowest BCUT2D eigenvalue weighted by molar-refractivity contribution is 0.142. The number of nitrogens with zero attached hydrogens (tertiary/aromatic N) is 2. The number of hydrogen-bond donors (Lipinski definition) is 2. The van der Waals surface area contributed by atoms with Crippen LogP contribution in [0.4, 0.5) is 10.2 Å². The first-order valence-corrected chi connectivity index (χ1v) is 11.2. The first-order valence-electron chi connectivity index (χ1n) is 9.60. The molecule has 2 atom stereocenters. The van der Waals surface area contributed by atoms with Gasteiger partial charge in [0.15, 0.2) is 5.82 Å². The third-order valence-electron chi connectivity index (χ3n) is 6.09. The minimum Gasteiger partial charge on any atom is -0.352 e. The standard InChI is InChI=1S/C20H23Cl2FN4OS/c1-19(23)9-14(24)20(11-19)5-7-27(8-6-20)17-18(28)26-15(10-25-17)29-13-4-2-3-12(21)16(13)22/h2-4,10,14H,5-9,11,24H2,1H3,(H,26,28)/t14-,19?/m1/s1. The fourth-order valence-corrected chi connectivity index (χ4v) is 5.97. The smallest absolute Gasteiger partial charge is 0.291 e. The van der Waals surface area contributed by atoms with E-state index in [-0.39, 0.29) is 17.0 Å². The van der Waals surface area contributed by atoms with Crippen LogP contribution < -0.4 is 16.2 Å². The van der Waals surface area contributed by atoms with E-state index in [1.807, 2.05) is 11.0 Å². The maximum atomic E-state index is 14.5. The third-order valence-corrected chi connectivity index (χ3v) is 8.01. The zero-order valence-electron chi connectivity index (χ0n) is 16.1. The van der Waals surface area contributed by atoms with E-state index in [0.717, 1.165) is 17.7 Å². The summed E-state index contributed by atoms with van der Waals surface area (Å²) >= 11 is 13.6. The lowest BCUT2D eigenvalue weighted by Gasteiger charge is -2.42. The summed E-state index contributed by atoms with van der Waals surface area (Å²) in [6.07, 6.45) is 4.06. The van der Waals surface area contributed by atoms with Crippen LogP contribution in [-0.2, 0) is 0 Å². The van der Waals surface area contributed by atoms with E-state index in [4.69, 9.17) is 28.9 Å². The zero-order valence-corrected chi connectivity index (χ0v) is 18.4. The van der Waals surface area contributed by atoms with Crippen molar-refractivity contribution in [3.05, 3.63) is 44.8 Å². The number of aromatic amines is 1. The van der Waals surface area contributed by atoms with Gasteiger partial charge in [-0.2, -0.15) is 0 Å². The second-order valence-electron chi connectivity index (χ2n) is 8.30. The Kier molecular flexibility index (Phi) is 5.61. The molecule has 1 aromatic heterocycles. The monoisotopic (exact) mass is 456 g/mol. The van der Waals surface area contributed by atoms with Gasteiger partial charge in [0, 0.05) is 24.0 Å². The van der Waals surface area contributed by atoms with Crippen LogP contribution in [0.1, 0.15) is 32.6 Å². The molecule has 9 heteroatoms. The third kappa shape index (κ3) is 4.15. The van der Waals surface area contributed by atoms with Gasteiger partial charge in [-0.05, 0) is 50.2 Å². The molecule has 0 radical (unpaired) electrons. The molecule has 4 rings (SSSR count). The Labute approximate surface area is 183 Å². The molecular formula is C20H23Cl2FN4OS. The molecule has 1 saturated carbocycles.